The quantitative estimate of drug-likeness (QED) is 0.898. The number of carboxylic acids is 1. The lowest BCUT2D eigenvalue weighted by Gasteiger charge is -2.20. The minimum absolute atomic E-state index is 0.235. The second kappa shape index (κ2) is 4.03. The van der Waals surface area contributed by atoms with E-state index in [9.17, 15) is 4.79 Å². The van der Waals surface area contributed by atoms with Gasteiger partial charge in [0.2, 0.25) is 0 Å². The summed E-state index contributed by atoms with van der Waals surface area (Å²) in [7, 11) is 0. The molecule has 2 nitrogen and oxygen atoms in total. The Kier molecular flexibility index (Phi) is 2.93. The number of thiophene rings is 1. The summed E-state index contributed by atoms with van der Waals surface area (Å²) in [5, 5.41) is 8.79. The maximum Gasteiger partial charge on any atom is 0.303 e. The van der Waals surface area contributed by atoms with Crippen LogP contribution in [-0.4, -0.2) is 11.1 Å². The Morgan fingerprint density at radius 1 is 1.71 bits per heavy atom. The molecule has 2 rings (SSSR count). The van der Waals surface area contributed by atoms with E-state index in [4.69, 9.17) is 5.11 Å². The Morgan fingerprint density at radius 2 is 2.50 bits per heavy atom. The number of hydrogen-bond donors (Lipinski definition) is 1. The normalized spacial score (nSPS) is 20.5. The molecule has 1 aromatic rings. The molecule has 0 fully saturated rings. The highest BCUT2D eigenvalue weighted by molar-refractivity contribution is 9.11. The average Bonchev–Trinajstić information content (AvgIpc) is 2.45. The lowest BCUT2D eigenvalue weighted by Crippen LogP contribution is -2.11. The number of aryl methyl sites for hydroxylation is 1. The first-order valence-electron chi connectivity index (χ1n) is 4.66. The number of carbonyl (C=O) groups is 1. The van der Waals surface area contributed by atoms with Crippen molar-refractivity contribution in [2.24, 2.45) is 0 Å². The number of fused-ring (bicyclic) bond motifs is 1. The summed E-state index contributed by atoms with van der Waals surface area (Å²) in [4.78, 5) is 12.0. The second-order valence-corrected chi connectivity index (χ2v) is 6.13. The number of halogens is 1. The monoisotopic (exact) mass is 274 g/mol. The standard InChI is InChI=1S/C10H11BrO2S/c11-9-5-7-6(4-10(12)13)2-1-3-8(7)14-9/h5-6H,1-4H2,(H,12,13). The summed E-state index contributed by atoms with van der Waals surface area (Å²) in [6.45, 7) is 0. The van der Waals surface area contributed by atoms with Crippen LogP contribution in [0.2, 0.25) is 0 Å². The number of aliphatic carboxylic acids is 1. The van der Waals surface area contributed by atoms with Crippen LogP contribution in [0.4, 0.5) is 0 Å². The molecular formula is C10H11BrO2S. The van der Waals surface area contributed by atoms with Crippen LogP contribution in [0.5, 0.6) is 0 Å². The molecule has 1 aliphatic carbocycles. The maximum atomic E-state index is 10.7. The van der Waals surface area contributed by atoms with Gasteiger partial charge in [0.15, 0.2) is 0 Å². The minimum Gasteiger partial charge on any atom is -0.481 e. The van der Waals surface area contributed by atoms with Crippen molar-refractivity contribution >= 4 is 33.2 Å². The minimum atomic E-state index is -0.690. The molecule has 0 aromatic carbocycles. The van der Waals surface area contributed by atoms with Gasteiger partial charge in [0.25, 0.3) is 0 Å². The van der Waals surface area contributed by atoms with E-state index in [1.807, 2.05) is 0 Å². The summed E-state index contributed by atoms with van der Waals surface area (Å²) >= 11 is 5.20. The molecule has 1 heterocycles. The first-order chi connectivity index (χ1) is 6.66. The number of carboxylic acid groups (broad SMARTS) is 1. The molecule has 0 saturated carbocycles. The zero-order valence-electron chi connectivity index (χ0n) is 7.62. The van der Waals surface area contributed by atoms with Crippen LogP contribution in [-0.2, 0) is 11.2 Å². The van der Waals surface area contributed by atoms with Gasteiger partial charge in [0, 0.05) is 4.88 Å². The highest BCUT2D eigenvalue weighted by atomic mass is 79.9. The van der Waals surface area contributed by atoms with Crippen molar-refractivity contribution < 1.29 is 9.90 Å². The van der Waals surface area contributed by atoms with Crippen LogP contribution >= 0.6 is 27.3 Å². The van der Waals surface area contributed by atoms with Gasteiger partial charge < -0.3 is 5.11 Å². The lowest BCUT2D eigenvalue weighted by molar-refractivity contribution is -0.137. The fourth-order valence-corrected chi connectivity index (χ4v) is 3.88. The Bertz CT molecular complexity index is 359. The van der Waals surface area contributed by atoms with Gasteiger partial charge in [-0.25, -0.2) is 0 Å². The van der Waals surface area contributed by atoms with Crippen LogP contribution in [0, 0.1) is 0 Å². The first kappa shape index (κ1) is 10.2. The molecule has 0 radical (unpaired) electrons. The van der Waals surface area contributed by atoms with Crippen LogP contribution in [0.25, 0.3) is 0 Å². The zero-order chi connectivity index (χ0) is 10.1. The molecule has 0 saturated heterocycles. The van der Waals surface area contributed by atoms with Crippen molar-refractivity contribution in [1.82, 2.24) is 0 Å². The molecule has 4 heteroatoms. The van der Waals surface area contributed by atoms with Gasteiger partial charge in [0.1, 0.15) is 0 Å². The van der Waals surface area contributed by atoms with Gasteiger partial charge in [-0.3, -0.25) is 4.79 Å². The number of rotatable bonds is 2. The Labute approximate surface area is 95.1 Å². The Hall–Kier alpha value is -0.350. The topological polar surface area (TPSA) is 37.3 Å². The molecule has 0 spiro atoms. The van der Waals surface area contributed by atoms with Crippen molar-refractivity contribution in [1.29, 1.82) is 0 Å². The highest BCUT2D eigenvalue weighted by Crippen LogP contribution is 2.40. The third-order valence-electron chi connectivity index (χ3n) is 2.63. The molecule has 1 N–H and O–H groups in total. The molecular weight excluding hydrogens is 264 g/mol. The maximum absolute atomic E-state index is 10.7. The fraction of sp³-hybridized carbons (Fsp3) is 0.500. The Balaban J connectivity index is 2.25. The average molecular weight is 275 g/mol. The van der Waals surface area contributed by atoms with E-state index < -0.39 is 5.97 Å². The summed E-state index contributed by atoms with van der Waals surface area (Å²) in [5.41, 5.74) is 1.26. The van der Waals surface area contributed by atoms with Crippen molar-refractivity contribution in [3.8, 4) is 0 Å². The first-order valence-corrected chi connectivity index (χ1v) is 6.27. The molecule has 1 aromatic heterocycles. The molecule has 14 heavy (non-hydrogen) atoms. The van der Waals surface area contributed by atoms with Gasteiger partial charge in [-0.15, -0.1) is 11.3 Å². The summed E-state index contributed by atoms with van der Waals surface area (Å²) in [6.07, 6.45) is 3.53. The van der Waals surface area contributed by atoms with Gasteiger partial charge in [-0.1, -0.05) is 0 Å². The third kappa shape index (κ3) is 2.01. The van der Waals surface area contributed by atoms with Gasteiger partial charge in [-0.05, 0) is 52.7 Å². The molecule has 0 amide bonds. The predicted molar refractivity (Wildman–Crippen MR) is 60.0 cm³/mol. The summed E-state index contributed by atoms with van der Waals surface area (Å²) in [6, 6.07) is 2.09. The van der Waals surface area contributed by atoms with Crippen molar-refractivity contribution in [2.45, 2.75) is 31.6 Å². The van der Waals surface area contributed by atoms with Gasteiger partial charge >= 0.3 is 5.97 Å². The van der Waals surface area contributed by atoms with Crippen LogP contribution < -0.4 is 0 Å². The van der Waals surface area contributed by atoms with E-state index in [0.717, 1.165) is 23.0 Å². The van der Waals surface area contributed by atoms with E-state index in [2.05, 4.69) is 22.0 Å². The Morgan fingerprint density at radius 3 is 3.21 bits per heavy atom. The smallest absolute Gasteiger partial charge is 0.303 e. The SMILES string of the molecule is O=C(O)CC1CCCc2sc(Br)cc21. The largest absolute Gasteiger partial charge is 0.481 e. The molecule has 0 bridgehead atoms. The van der Waals surface area contributed by atoms with E-state index in [0.29, 0.717) is 0 Å². The zero-order valence-corrected chi connectivity index (χ0v) is 10.0. The van der Waals surface area contributed by atoms with E-state index in [1.54, 1.807) is 11.3 Å². The third-order valence-corrected chi connectivity index (χ3v) is 4.34. The summed E-state index contributed by atoms with van der Waals surface area (Å²) in [5.74, 6) is -0.455. The predicted octanol–water partition coefficient (Wildman–Crippen LogP) is 3.41. The van der Waals surface area contributed by atoms with Gasteiger partial charge in [-0.2, -0.15) is 0 Å². The highest BCUT2D eigenvalue weighted by Gasteiger charge is 2.24. The van der Waals surface area contributed by atoms with Crippen molar-refractivity contribution in [2.75, 3.05) is 0 Å². The molecule has 1 aliphatic rings. The molecule has 0 aliphatic heterocycles. The van der Waals surface area contributed by atoms with Crippen molar-refractivity contribution in [3.05, 3.63) is 20.3 Å². The van der Waals surface area contributed by atoms with Crippen LogP contribution in [0.1, 0.15) is 35.6 Å². The molecule has 1 atom stereocenters. The van der Waals surface area contributed by atoms with E-state index >= 15 is 0 Å². The molecule has 76 valence electrons. The van der Waals surface area contributed by atoms with E-state index in [1.165, 1.54) is 10.4 Å². The van der Waals surface area contributed by atoms with Gasteiger partial charge in [0.05, 0.1) is 10.2 Å². The second-order valence-electron chi connectivity index (χ2n) is 3.62. The molecule has 1 unspecified atom stereocenters. The van der Waals surface area contributed by atoms with E-state index in [-0.39, 0.29) is 12.3 Å². The lowest BCUT2D eigenvalue weighted by atomic mass is 9.86. The van der Waals surface area contributed by atoms with Crippen LogP contribution in [0.15, 0.2) is 9.85 Å². The van der Waals surface area contributed by atoms with Crippen LogP contribution in [0.3, 0.4) is 0 Å². The fourth-order valence-electron chi connectivity index (χ4n) is 2.04. The number of hydrogen-bond acceptors (Lipinski definition) is 2. The summed E-state index contributed by atoms with van der Waals surface area (Å²) < 4.78 is 1.12. The van der Waals surface area contributed by atoms with Crippen molar-refractivity contribution in [3.63, 3.8) is 0 Å².